The molecule has 2 heterocycles. The van der Waals surface area contributed by atoms with Gasteiger partial charge in [-0.15, -0.1) is 0 Å². The number of aromatic nitrogens is 4. The monoisotopic (exact) mass is 360 g/mol. The molecule has 1 aromatic carbocycles. The van der Waals surface area contributed by atoms with Crippen molar-refractivity contribution in [3.8, 4) is 0 Å². The predicted molar refractivity (Wildman–Crippen MR) is 98.8 cm³/mol. The summed E-state index contributed by atoms with van der Waals surface area (Å²) in [6.07, 6.45) is 5.55. The number of halogens is 1. The van der Waals surface area contributed by atoms with Crippen LogP contribution in [0.2, 0.25) is 5.02 Å². The third-order valence-corrected chi connectivity index (χ3v) is 4.21. The molecule has 2 aromatic heterocycles. The summed E-state index contributed by atoms with van der Waals surface area (Å²) in [6, 6.07) is 5.66. The lowest BCUT2D eigenvalue weighted by Gasteiger charge is -2.08. The number of nitrogens with one attached hydrogen (secondary N) is 1. The van der Waals surface area contributed by atoms with Crippen LogP contribution in [0.25, 0.3) is 10.9 Å². The molecule has 0 saturated carbocycles. The zero-order valence-electron chi connectivity index (χ0n) is 14.3. The maximum Gasteiger partial charge on any atom is 0.226 e. The van der Waals surface area contributed by atoms with Crippen LogP contribution in [0.3, 0.4) is 0 Å². The highest BCUT2D eigenvalue weighted by molar-refractivity contribution is 6.35. The average molecular weight is 361 g/mol. The molecule has 8 heteroatoms. The highest BCUT2D eigenvalue weighted by Gasteiger charge is 2.09. The number of hydrogen-bond donors (Lipinski definition) is 1. The fourth-order valence-electron chi connectivity index (χ4n) is 2.53. The maximum absolute atomic E-state index is 12.2. The minimum absolute atomic E-state index is 0.0714. The Morgan fingerprint density at radius 1 is 1.24 bits per heavy atom. The van der Waals surface area contributed by atoms with Gasteiger partial charge in [-0.3, -0.25) is 14.2 Å². The van der Waals surface area contributed by atoms with Crippen molar-refractivity contribution in [2.45, 2.75) is 19.5 Å². The number of aryl methyl sites for hydroxylation is 1. The van der Waals surface area contributed by atoms with Crippen LogP contribution in [-0.4, -0.2) is 51.0 Å². The van der Waals surface area contributed by atoms with Crippen molar-refractivity contribution in [2.75, 3.05) is 26.0 Å². The van der Waals surface area contributed by atoms with Gasteiger partial charge in [-0.2, -0.15) is 10.2 Å². The third-order valence-electron chi connectivity index (χ3n) is 3.88. The molecule has 1 N–H and O–H groups in total. The molecule has 0 fully saturated rings. The topological polar surface area (TPSA) is 68.0 Å². The molecule has 132 valence electrons. The molecule has 3 rings (SSSR count). The fraction of sp³-hybridized carbons (Fsp3) is 0.353. The smallest absolute Gasteiger partial charge is 0.226 e. The normalized spacial score (nSPS) is 11.4. The molecule has 0 aliphatic rings. The van der Waals surface area contributed by atoms with Crippen molar-refractivity contribution in [1.82, 2.24) is 24.5 Å². The Balaban J connectivity index is 1.55. The molecule has 0 unspecified atom stereocenters. The Bertz CT molecular complexity index is 869. The van der Waals surface area contributed by atoms with Crippen LogP contribution in [0, 0.1) is 0 Å². The number of likely N-dealkylation sites (N-methyl/N-ethyl adjacent to an activating group) is 1. The molecular formula is C17H21ClN6O. The van der Waals surface area contributed by atoms with Gasteiger partial charge in [-0.25, -0.2) is 0 Å². The van der Waals surface area contributed by atoms with Gasteiger partial charge in [0.15, 0.2) is 0 Å². The first kappa shape index (κ1) is 17.4. The van der Waals surface area contributed by atoms with Gasteiger partial charge in [0.25, 0.3) is 0 Å². The number of hydrogen-bond acceptors (Lipinski definition) is 4. The van der Waals surface area contributed by atoms with Crippen molar-refractivity contribution in [1.29, 1.82) is 0 Å². The highest BCUT2D eigenvalue weighted by Crippen LogP contribution is 2.22. The number of benzene rings is 1. The fourth-order valence-corrected chi connectivity index (χ4v) is 2.75. The standard InChI is InChI=1S/C17H21ClN6O/c1-22(2)8-9-23-12-13(10-19-23)21-17(25)6-7-24-16-5-3-4-15(18)14(16)11-20-24/h3-5,10-12H,6-9H2,1-2H3,(H,21,25). The van der Waals surface area contributed by atoms with E-state index in [9.17, 15) is 4.79 Å². The van der Waals surface area contributed by atoms with E-state index >= 15 is 0 Å². The van der Waals surface area contributed by atoms with Crippen LogP contribution in [0.1, 0.15) is 6.42 Å². The van der Waals surface area contributed by atoms with Crippen LogP contribution >= 0.6 is 11.6 Å². The van der Waals surface area contributed by atoms with E-state index in [-0.39, 0.29) is 5.91 Å². The highest BCUT2D eigenvalue weighted by atomic mass is 35.5. The molecule has 0 bridgehead atoms. The maximum atomic E-state index is 12.2. The van der Waals surface area contributed by atoms with E-state index in [4.69, 9.17) is 11.6 Å². The molecule has 7 nitrogen and oxygen atoms in total. The van der Waals surface area contributed by atoms with Crippen LogP contribution in [0.15, 0.2) is 36.8 Å². The van der Waals surface area contributed by atoms with Gasteiger partial charge in [-0.1, -0.05) is 17.7 Å². The molecule has 0 atom stereocenters. The summed E-state index contributed by atoms with van der Waals surface area (Å²) in [6.45, 7) is 2.16. The van der Waals surface area contributed by atoms with E-state index in [2.05, 4.69) is 20.4 Å². The number of anilines is 1. The van der Waals surface area contributed by atoms with Crippen molar-refractivity contribution in [3.63, 3.8) is 0 Å². The molecule has 25 heavy (non-hydrogen) atoms. The Hall–Kier alpha value is -2.38. The summed E-state index contributed by atoms with van der Waals surface area (Å²) < 4.78 is 3.61. The van der Waals surface area contributed by atoms with Crippen LogP contribution in [0.5, 0.6) is 0 Å². The Morgan fingerprint density at radius 2 is 2.08 bits per heavy atom. The molecule has 3 aromatic rings. The molecule has 0 aliphatic heterocycles. The van der Waals surface area contributed by atoms with Crippen molar-refractivity contribution < 1.29 is 4.79 Å². The molecule has 0 aliphatic carbocycles. The van der Waals surface area contributed by atoms with Crippen molar-refractivity contribution >= 4 is 34.1 Å². The number of rotatable bonds is 7. The molecule has 0 spiro atoms. The quantitative estimate of drug-likeness (QED) is 0.702. The average Bonchev–Trinajstić information content (AvgIpc) is 3.18. The lowest BCUT2D eigenvalue weighted by atomic mass is 10.2. The van der Waals surface area contributed by atoms with E-state index in [1.807, 2.05) is 43.2 Å². The summed E-state index contributed by atoms with van der Waals surface area (Å²) in [4.78, 5) is 14.2. The summed E-state index contributed by atoms with van der Waals surface area (Å²) >= 11 is 6.14. The summed E-state index contributed by atoms with van der Waals surface area (Å²) in [5, 5.41) is 13.0. The molecule has 0 saturated heterocycles. The largest absolute Gasteiger partial charge is 0.323 e. The lowest BCUT2D eigenvalue weighted by molar-refractivity contribution is -0.116. The third kappa shape index (κ3) is 4.37. The van der Waals surface area contributed by atoms with Gasteiger partial charge >= 0.3 is 0 Å². The summed E-state index contributed by atoms with van der Waals surface area (Å²) in [5.41, 5.74) is 1.63. The van der Waals surface area contributed by atoms with Gasteiger partial charge < -0.3 is 10.2 Å². The van der Waals surface area contributed by atoms with Crippen LogP contribution in [0.4, 0.5) is 5.69 Å². The van der Waals surface area contributed by atoms with Crippen LogP contribution < -0.4 is 5.32 Å². The van der Waals surface area contributed by atoms with Gasteiger partial charge in [0.05, 0.1) is 41.7 Å². The number of fused-ring (bicyclic) bond motifs is 1. The van der Waals surface area contributed by atoms with Crippen LogP contribution in [-0.2, 0) is 17.9 Å². The Kier molecular flexibility index (Phi) is 5.35. The number of nitrogens with zero attached hydrogens (tertiary/aromatic N) is 5. The van der Waals surface area contributed by atoms with Gasteiger partial charge in [-0.05, 0) is 26.2 Å². The minimum atomic E-state index is -0.0714. The van der Waals surface area contributed by atoms with Crippen molar-refractivity contribution in [3.05, 3.63) is 41.8 Å². The van der Waals surface area contributed by atoms with E-state index in [1.54, 1.807) is 17.1 Å². The number of carbonyl (C=O) groups excluding carboxylic acids is 1. The number of carbonyl (C=O) groups is 1. The Labute approximate surface area is 151 Å². The second kappa shape index (κ2) is 7.67. The molecule has 0 radical (unpaired) electrons. The SMILES string of the molecule is CN(C)CCn1cc(NC(=O)CCn2ncc3c(Cl)cccc32)cn1. The zero-order chi connectivity index (χ0) is 17.8. The summed E-state index contributed by atoms with van der Waals surface area (Å²) in [5.74, 6) is -0.0714. The van der Waals surface area contributed by atoms with Crippen molar-refractivity contribution in [2.24, 2.45) is 0 Å². The molecular weight excluding hydrogens is 340 g/mol. The first-order chi connectivity index (χ1) is 12.0. The predicted octanol–water partition coefficient (Wildman–Crippen LogP) is 2.48. The van der Waals surface area contributed by atoms with E-state index in [1.165, 1.54) is 0 Å². The lowest BCUT2D eigenvalue weighted by Crippen LogP contribution is -2.18. The number of amides is 1. The minimum Gasteiger partial charge on any atom is -0.323 e. The Morgan fingerprint density at radius 3 is 2.88 bits per heavy atom. The van der Waals surface area contributed by atoms with Gasteiger partial charge in [0.1, 0.15) is 0 Å². The van der Waals surface area contributed by atoms with Gasteiger partial charge in [0.2, 0.25) is 5.91 Å². The first-order valence-electron chi connectivity index (χ1n) is 8.10. The second-order valence-corrected chi connectivity index (χ2v) is 6.54. The van der Waals surface area contributed by atoms with Gasteiger partial charge in [0, 0.05) is 24.5 Å². The first-order valence-corrected chi connectivity index (χ1v) is 8.48. The second-order valence-electron chi connectivity index (χ2n) is 6.13. The van der Waals surface area contributed by atoms with E-state index in [0.717, 1.165) is 24.0 Å². The zero-order valence-corrected chi connectivity index (χ0v) is 15.1. The van der Waals surface area contributed by atoms with E-state index in [0.29, 0.717) is 23.7 Å². The molecule has 1 amide bonds. The summed E-state index contributed by atoms with van der Waals surface area (Å²) in [7, 11) is 4.02. The van der Waals surface area contributed by atoms with E-state index < -0.39 is 0 Å².